The van der Waals surface area contributed by atoms with Crippen molar-refractivity contribution in [2.75, 3.05) is 30.2 Å². The third kappa shape index (κ3) is 7.34. The van der Waals surface area contributed by atoms with Gasteiger partial charge in [-0.1, -0.05) is 6.07 Å². The van der Waals surface area contributed by atoms with Gasteiger partial charge < -0.3 is 5.32 Å². The van der Waals surface area contributed by atoms with Gasteiger partial charge in [-0.3, -0.25) is 19.8 Å². The molecule has 12 heteroatoms. The standard InChI is InChI=1S/C14H22Cl2N5O3PS/c1-11(2)18-25(24,20(8-6-15)9-7-16)19-14(26)17-12-4-3-5-13(10-12)21(22)23/h3-5,10-11H,6-9H2,1-2H3,(H3,17,18,19,24,26). The van der Waals surface area contributed by atoms with Crippen molar-refractivity contribution in [1.82, 2.24) is 14.8 Å². The molecule has 8 nitrogen and oxygen atoms in total. The molecule has 0 saturated carbocycles. The number of hydrogen-bond donors (Lipinski definition) is 3. The van der Waals surface area contributed by atoms with E-state index in [2.05, 4.69) is 15.5 Å². The zero-order valence-electron chi connectivity index (χ0n) is 14.4. The maximum absolute atomic E-state index is 13.4. The summed E-state index contributed by atoms with van der Waals surface area (Å²) in [5.41, 5.74) is 0.334. The lowest BCUT2D eigenvalue weighted by Crippen LogP contribution is -2.43. The van der Waals surface area contributed by atoms with E-state index in [9.17, 15) is 14.7 Å². The van der Waals surface area contributed by atoms with Crippen LogP contribution in [0, 0.1) is 10.1 Å². The van der Waals surface area contributed by atoms with E-state index in [-0.39, 0.29) is 28.6 Å². The van der Waals surface area contributed by atoms with Gasteiger partial charge in [0.05, 0.1) is 4.92 Å². The van der Waals surface area contributed by atoms with Crippen LogP contribution in [0.1, 0.15) is 13.8 Å². The molecule has 0 aliphatic heterocycles. The molecule has 0 bridgehead atoms. The van der Waals surface area contributed by atoms with Gasteiger partial charge in [-0.15, -0.1) is 23.2 Å². The Kier molecular flexibility index (Phi) is 9.78. The summed E-state index contributed by atoms with van der Waals surface area (Å²) in [7, 11) is -3.32. The molecule has 1 rings (SSSR count). The molecule has 0 fully saturated rings. The fourth-order valence-electron chi connectivity index (χ4n) is 2.12. The summed E-state index contributed by atoms with van der Waals surface area (Å²) in [5, 5.41) is 19.5. The van der Waals surface area contributed by atoms with Crippen LogP contribution >= 0.6 is 43.0 Å². The van der Waals surface area contributed by atoms with Crippen LogP contribution in [0.25, 0.3) is 0 Å². The molecule has 1 aromatic carbocycles. The molecule has 1 unspecified atom stereocenters. The summed E-state index contributed by atoms with van der Waals surface area (Å²) in [5.74, 6) is 0.542. The Bertz CT molecular complexity index is 674. The highest BCUT2D eigenvalue weighted by Gasteiger charge is 2.31. The molecule has 146 valence electrons. The number of thiocarbonyl (C=S) groups is 1. The van der Waals surface area contributed by atoms with Crippen LogP contribution in [-0.4, -0.2) is 45.6 Å². The Balaban J connectivity index is 2.96. The van der Waals surface area contributed by atoms with Crippen molar-refractivity contribution in [1.29, 1.82) is 0 Å². The third-order valence-corrected chi connectivity index (χ3v) is 6.37. The Labute approximate surface area is 168 Å². The molecule has 1 atom stereocenters. The number of nitrogens with one attached hydrogen (secondary N) is 3. The highest BCUT2D eigenvalue weighted by Crippen LogP contribution is 2.41. The minimum absolute atomic E-state index is 0.0659. The van der Waals surface area contributed by atoms with Gasteiger partial charge in [-0.05, 0) is 32.1 Å². The number of halogens is 2. The SMILES string of the molecule is CC(C)NP(=O)(NC(=S)Nc1cccc([N+](=O)[O-])c1)N(CCCl)CCCl. The van der Waals surface area contributed by atoms with Gasteiger partial charge in [-0.2, -0.15) is 0 Å². The highest BCUT2D eigenvalue weighted by molar-refractivity contribution is 7.81. The maximum Gasteiger partial charge on any atom is 0.308 e. The first kappa shape index (κ1) is 23.1. The second-order valence-electron chi connectivity index (χ2n) is 5.56. The number of nitro benzene ring substituents is 1. The van der Waals surface area contributed by atoms with Gasteiger partial charge in [0.25, 0.3) is 5.69 Å². The molecule has 0 saturated heterocycles. The van der Waals surface area contributed by atoms with Crippen molar-refractivity contribution in [2.24, 2.45) is 0 Å². The lowest BCUT2D eigenvalue weighted by Gasteiger charge is -2.33. The van der Waals surface area contributed by atoms with E-state index in [0.717, 1.165) is 0 Å². The van der Waals surface area contributed by atoms with E-state index in [4.69, 9.17) is 35.4 Å². The molecule has 0 heterocycles. The summed E-state index contributed by atoms with van der Waals surface area (Å²) < 4.78 is 15.0. The first-order valence-electron chi connectivity index (χ1n) is 7.80. The van der Waals surface area contributed by atoms with E-state index in [1.807, 2.05) is 13.8 Å². The van der Waals surface area contributed by atoms with Crippen molar-refractivity contribution in [2.45, 2.75) is 19.9 Å². The lowest BCUT2D eigenvalue weighted by atomic mass is 10.3. The van der Waals surface area contributed by atoms with Crippen molar-refractivity contribution in [3.63, 3.8) is 0 Å². The van der Waals surface area contributed by atoms with Crippen molar-refractivity contribution in [3.8, 4) is 0 Å². The summed E-state index contributed by atoms with van der Waals surface area (Å²) in [6.07, 6.45) is 0. The Morgan fingerprint density at radius 3 is 2.46 bits per heavy atom. The summed E-state index contributed by atoms with van der Waals surface area (Å²) >= 11 is 16.9. The average Bonchev–Trinajstić information content (AvgIpc) is 2.53. The molecule has 0 aliphatic carbocycles. The molecular formula is C14H22Cl2N5O3PS. The molecule has 0 aromatic heterocycles. The van der Waals surface area contributed by atoms with Crippen molar-refractivity contribution < 1.29 is 9.49 Å². The topological polar surface area (TPSA) is 99.5 Å². The number of rotatable bonds is 10. The van der Waals surface area contributed by atoms with Crippen LogP contribution in [0.4, 0.5) is 11.4 Å². The van der Waals surface area contributed by atoms with Crippen LogP contribution in [0.5, 0.6) is 0 Å². The molecule has 0 radical (unpaired) electrons. The van der Waals surface area contributed by atoms with E-state index in [1.165, 1.54) is 18.2 Å². The smallest absolute Gasteiger partial charge is 0.308 e. The quantitative estimate of drug-likeness (QED) is 0.166. The monoisotopic (exact) mass is 441 g/mol. The first-order chi connectivity index (χ1) is 12.2. The average molecular weight is 442 g/mol. The van der Waals surface area contributed by atoms with E-state index in [0.29, 0.717) is 18.8 Å². The third-order valence-electron chi connectivity index (χ3n) is 3.08. The number of non-ortho nitro benzene ring substituents is 1. The number of alkyl halides is 2. The maximum atomic E-state index is 13.4. The van der Waals surface area contributed by atoms with Crippen LogP contribution in [0.3, 0.4) is 0 Å². The summed E-state index contributed by atoms with van der Waals surface area (Å²) in [6, 6.07) is 5.76. The Morgan fingerprint density at radius 1 is 1.35 bits per heavy atom. The number of benzene rings is 1. The largest absolute Gasteiger partial charge is 0.332 e. The number of anilines is 1. The molecule has 0 aliphatic rings. The van der Waals surface area contributed by atoms with Crippen LogP contribution in [0.15, 0.2) is 24.3 Å². The molecule has 1 aromatic rings. The Hall–Kier alpha value is -0.960. The molecule has 3 N–H and O–H groups in total. The van der Waals surface area contributed by atoms with Gasteiger partial charge >= 0.3 is 7.59 Å². The molecule has 0 spiro atoms. The predicted octanol–water partition coefficient (Wildman–Crippen LogP) is 3.77. The van der Waals surface area contributed by atoms with Gasteiger partial charge in [0, 0.05) is 48.7 Å². The molecule has 0 amide bonds. The molecular weight excluding hydrogens is 420 g/mol. The summed E-state index contributed by atoms with van der Waals surface area (Å²) in [4.78, 5) is 10.4. The van der Waals surface area contributed by atoms with Gasteiger partial charge in [0.1, 0.15) is 0 Å². The first-order valence-corrected chi connectivity index (χ1v) is 10.9. The highest BCUT2D eigenvalue weighted by atomic mass is 35.5. The number of hydrogen-bond acceptors (Lipinski definition) is 4. The van der Waals surface area contributed by atoms with E-state index in [1.54, 1.807) is 10.7 Å². The van der Waals surface area contributed by atoms with Gasteiger partial charge in [0.2, 0.25) is 0 Å². The van der Waals surface area contributed by atoms with Crippen molar-refractivity contribution in [3.05, 3.63) is 34.4 Å². The second kappa shape index (κ2) is 11.0. The van der Waals surface area contributed by atoms with Crippen LogP contribution < -0.4 is 15.5 Å². The zero-order valence-corrected chi connectivity index (χ0v) is 17.7. The fraction of sp³-hybridized carbons (Fsp3) is 0.500. The lowest BCUT2D eigenvalue weighted by molar-refractivity contribution is -0.384. The minimum atomic E-state index is -3.32. The fourth-order valence-corrected chi connectivity index (χ4v) is 5.41. The van der Waals surface area contributed by atoms with Gasteiger partial charge in [0.15, 0.2) is 5.11 Å². The van der Waals surface area contributed by atoms with E-state index < -0.39 is 12.5 Å². The number of nitro groups is 1. The second-order valence-corrected chi connectivity index (χ2v) is 8.93. The molecule has 26 heavy (non-hydrogen) atoms. The summed E-state index contributed by atoms with van der Waals surface area (Å²) in [6.45, 7) is 4.39. The van der Waals surface area contributed by atoms with E-state index >= 15 is 0 Å². The van der Waals surface area contributed by atoms with Crippen LogP contribution in [-0.2, 0) is 4.57 Å². The normalized spacial score (nSPS) is 13.5. The zero-order chi connectivity index (χ0) is 19.7. The minimum Gasteiger partial charge on any atom is -0.332 e. The number of nitrogens with zero attached hydrogens (tertiary/aromatic N) is 2. The van der Waals surface area contributed by atoms with Crippen LogP contribution in [0.2, 0.25) is 0 Å². The van der Waals surface area contributed by atoms with Crippen molar-refractivity contribution >= 4 is 59.5 Å². The Morgan fingerprint density at radius 2 is 1.96 bits per heavy atom. The van der Waals surface area contributed by atoms with Gasteiger partial charge in [-0.25, -0.2) is 9.76 Å². The predicted molar refractivity (Wildman–Crippen MR) is 111 cm³/mol.